The molecule has 4 heteroatoms. The third-order valence-corrected chi connectivity index (χ3v) is 4.13. The highest BCUT2D eigenvalue weighted by molar-refractivity contribution is 5.09. The Morgan fingerprint density at radius 3 is 2.62 bits per heavy atom. The predicted molar refractivity (Wildman–Crippen MR) is 61.8 cm³/mol. The van der Waals surface area contributed by atoms with Crippen molar-refractivity contribution >= 4 is 0 Å². The van der Waals surface area contributed by atoms with Crippen molar-refractivity contribution in [3.8, 4) is 0 Å². The zero-order chi connectivity index (χ0) is 11.2. The van der Waals surface area contributed by atoms with Gasteiger partial charge in [-0.05, 0) is 44.4 Å². The Labute approximate surface area is 96.2 Å². The standard InChI is InChI=1S/C12H20N4/c1-9-4-6-12(13,7-5-9)11-15-14-8-16(11)10-2-3-10/h8-10H,2-7,13H2,1H3. The highest BCUT2D eigenvalue weighted by Gasteiger charge is 2.38. The first kappa shape index (κ1) is 10.3. The van der Waals surface area contributed by atoms with Gasteiger partial charge in [-0.1, -0.05) is 6.92 Å². The zero-order valence-electron chi connectivity index (χ0n) is 9.89. The van der Waals surface area contributed by atoms with Crippen LogP contribution in [-0.4, -0.2) is 14.8 Å². The third kappa shape index (κ3) is 1.65. The molecule has 1 aromatic heterocycles. The summed E-state index contributed by atoms with van der Waals surface area (Å²) in [7, 11) is 0. The lowest BCUT2D eigenvalue weighted by Crippen LogP contribution is -2.42. The molecule has 0 spiro atoms. The summed E-state index contributed by atoms with van der Waals surface area (Å²) < 4.78 is 2.22. The van der Waals surface area contributed by atoms with Crippen LogP contribution in [0.4, 0.5) is 0 Å². The smallest absolute Gasteiger partial charge is 0.153 e. The Kier molecular flexibility index (Phi) is 2.28. The van der Waals surface area contributed by atoms with Crippen molar-refractivity contribution in [2.75, 3.05) is 0 Å². The van der Waals surface area contributed by atoms with Gasteiger partial charge >= 0.3 is 0 Å². The van der Waals surface area contributed by atoms with Crippen molar-refractivity contribution in [3.05, 3.63) is 12.2 Å². The molecule has 4 nitrogen and oxygen atoms in total. The molecule has 0 saturated heterocycles. The molecule has 3 rings (SSSR count). The van der Waals surface area contributed by atoms with Crippen LogP contribution in [0.3, 0.4) is 0 Å². The maximum atomic E-state index is 6.53. The van der Waals surface area contributed by atoms with E-state index in [0.29, 0.717) is 6.04 Å². The largest absolute Gasteiger partial charge is 0.319 e. The van der Waals surface area contributed by atoms with E-state index in [1.54, 1.807) is 0 Å². The molecule has 2 fully saturated rings. The second-order valence-corrected chi connectivity index (χ2v) is 5.63. The summed E-state index contributed by atoms with van der Waals surface area (Å²) in [5.41, 5.74) is 6.31. The molecule has 2 saturated carbocycles. The van der Waals surface area contributed by atoms with E-state index >= 15 is 0 Å². The fraction of sp³-hybridized carbons (Fsp3) is 0.833. The Bertz CT molecular complexity index is 372. The van der Waals surface area contributed by atoms with E-state index in [9.17, 15) is 0 Å². The van der Waals surface area contributed by atoms with Crippen LogP contribution < -0.4 is 5.73 Å². The van der Waals surface area contributed by atoms with Gasteiger partial charge in [0.15, 0.2) is 5.82 Å². The highest BCUT2D eigenvalue weighted by atomic mass is 15.3. The van der Waals surface area contributed by atoms with Crippen molar-refractivity contribution in [1.29, 1.82) is 0 Å². The van der Waals surface area contributed by atoms with Gasteiger partial charge in [-0.15, -0.1) is 10.2 Å². The minimum atomic E-state index is -0.217. The lowest BCUT2D eigenvalue weighted by atomic mass is 9.77. The molecule has 16 heavy (non-hydrogen) atoms. The van der Waals surface area contributed by atoms with Gasteiger partial charge in [-0.25, -0.2) is 0 Å². The van der Waals surface area contributed by atoms with E-state index in [0.717, 1.165) is 24.6 Å². The summed E-state index contributed by atoms with van der Waals surface area (Å²) >= 11 is 0. The summed E-state index contributed by atoms with van der Waals surface area (Å²) in [6.45, 7) is 2.31. The van der Waals surface area contributed by atoms with Gasteiger partial charge in [-0.2, -0.15) is 0 Å². The van der Waals surface area contributed by atoms with Gasteiger partial charge in [0.25, 0.3) is 0 Å². The number of aromatic nitrogens is 3. The van der Waals surface area contributed by atoms with E-state index in [-0.39, 0.29) is 5.54 Å². The van der Waals surface area contributed by atoms with Crippen molar-refractivity contribution < 1.29 is 0 Å². The number of rotatable bonds is 2. The Hall–Kier alpha value is -0.900. The summed E-state index contributed by atoms with van der Waals surface area (Å²) in [4.78, 5) is 0. The molecule has 2 N–H and O–H groups in total. The van der Waals surface area contributed by atoms with Crippen molar-refractivity contribution in [2.24, 2.45) is 11.7 Å². The third-order valence-electron chi connectivity index (χ3n) is 4.13. The molecule has 88 valence electrons. The van der Waals surface area contributed by atoms with Gasteiger partial charge in [0.05, 0.1) is 5.54 Å². The zero-order valence-corrected chi connectivity index (χ0v) is 9.89. The molecule has 2 aliphatic rings. The molecule has 2 aliphatic carbocycles. The first-order valence-corrected chi connectivity index (χ1v) is 6.38. The van der Waals surface area contributed by atoms with E-state index in [4.69, 9.17) is 5.73 Å². The van der Waals surface area contributed by atoms with E-state index in [1.165, 1.54) is 25.7 Å². The fourth-order valence-electron chi connectivity index (χ4n) is 2.72. The van der Waals surface area contributed by atoms with Crippen LogP contribution in [0.2, 0.25) is 0 Å². The number of hydrogen-bond acceptors (Lipinski definition) is 3. The lowest BCUT2D eigenvalue weighted by molar-refractivity contribution is 0.230. The number of nitrogens with two attached hydrogens (primary N) is 1. The van der Waals surface area contributed by atoms with Gasteiger partial charge in [0.1, 0.15) is 6.33 Å². The summed E-state index contributed by atoms with van der Waals surface area (Å²) in [6.07, 6.45) is 8.93. The molecular weight excluding hydrogens is 200 g/mol. The molecule has 0 aromatic carbocycles. The quantitative estimate of drug-likeness (QED) is 0.829. The maximum absolute atomic E-state index is 6.53. The fourth-order valence-corrected chi connectivity index (χ4v) is 2.72. The normalized spacial score (nSPS) is 35.2. The highest BCUT2D eigenvalue weighted by Crippen LogP contribution is 2.41. The van der Waals surface area contributed by atoms with E-state index in [2.05, 4.69) is 21.7 Å². The van der Waals surface area contributed by atoms with Crippen molar-refractivity contribution in [3.63, 3.8) is 0 Å². The SMILES string of the molecule is CC1CCC(N)(c2nncn2C2CC2)CC1. The molecule has 0 unspecified atom stereocenters. The molecule has 0 amide bonds. The van der Waals surface area contributed by atoms with Gasteiger partial charge in [0, 0.05) is 6.04 Å². The Morgan fingerprint density at radius 2 is 2.00 bits per heavy atom. The van der Waals surface area contributed by atoms with Crippen molar-refractivity contribution in [2.45, 2.75) is 57.0 Å². The topological polar surface area (TPSA) is 56.7 Å². The minimum Gasteiger partial charge on any atom is -0.319 e. The summed E-state index contributed by atoms with van der Waals surface area (Å²) in [5.74, 6) is 1.84. The van der Waals surface area contributed by atoms with Crippen LogP contribution >= 0.6 is 0 Å². The van der Waals surface area contributed by atoms with Crippen LogP contribution in [0.25, 0.3) is 0 Å². The van der Waals surface area contributed by atoms with Gasteiger partial charge in [-0.3, -0.25) is 0 Å². The molecular formula is C12H20N4. The molecule has 0 atom stereocenters. The van der Waals surface area contributed by atoms with Gasteiger partial charge < -0.3 is 10.3 Å². The Balaban J connectivity index is 1.87. The van der Waals surface area contributed by atoms with Crippen LogP contribution in [0.1, 0.15) is 57.3 Å². The summed E-state index contributed by atoms with van der Waals surface area (Å²) in [5, 5.41) is 8.34. The van der Waals surface area contributed by atoms with Crippen LogP contribution in [0.5, 0.6) is 0 Å². The molecule has 1 aromatic rings. The van der Waals surface area contributed by atoms with Crippen LogP contribution in [-0.2, 0) is 5.54 Å². The van der Waals surface area contributed by atoms with Crippen molar-refractivity contribution in [1.82, 2.24) is 14.8 Å². The van der Waals surface area contributed by atoms with Gasteiger partial charge in [0.2, 0.25) is 0 Å². The van der Waals surface area contributed by atoms with E-state index in [1.807, 2.05) is 6.33 Å². The summed E-state index contributed by atoms with van der Waals surface area (Å²) in [6, 6.07) is 0.629. The molecule has 1 heterocycles. The second kappa shape index (κ2) is 3.55. The Morgan fingerprint density at radius 1 is 1.31 bits per heavy atom. The number of hydrogen-bond donors (Lipinski definition) is 1. The molecule has 0 bridgehead atoms. The monoisotopic (exact) mass is 220 g/mol. The lowest BCUT2D eigenvalue weighted by Gasteiger charge is -2.35. The number of nitrogens with zero attached hydrogens (tertiary/aromatic N) is 3. The predicted octanol–water partition coefficient (Wildman–Crippen LogP) is 1.98. The first-order chi connectivity index (χ1) is 7.69. The maximum Gasteiger partial charge on any atom is 0.153 e. The average molecular weight is 220 g/mol. The first-order valence-electron chi connectivity index (χ1n) is 6.38. The second-order valence-electron chi connectivity index (χ2n) is 5.63. The average Bonchev–Trinajstić information content (AvgIpc) is 3.00. The molecule has 0 radical (unpaired) electrons. The van der Waals surface area contributed by atoms with E-state index < -0.39 is 0 Å². The molecule has 0 aliphatic heterocycles. The van der Waals surface area contributed by atoms with Crippen LogP contribution in [0.15, 0.2) is 6.33 Å². The van der Waals surface area contributed by atoms with Crippen LogP contribution in [0, 0.1) is 5.92 Å². The minimum absolute atomic E-state index is 0.217.